The van der Waals surface area contributed by atoms with Crippen molar-refractivity contribution in [1.29, 1.82) is 5.41 Å². The Morgan fingerprint density at radius 1 is 1.59 bits per heavy atom. The molecule has 1 aliphatic heterocycles. The number of nitrogens with zero attached hydrogens (tertiary/aromatic N) is 1. The Morgan fingerprint density at radius 3 is 2.82 bits per heavy atom. The van der Waals surface area contributed by atoms with Crippen LogP contribution in [0.5, 0.6) is 0 Å². The summed E-state index contributed by atoms with van der Waals surface area (Å²) in [6, 6.07) is 4.20. The van der Waals surface area contributed by atoms with Gasteiger partial charge in [-0.2, -0.15) is 0 Å². The van der Waals surface area contributed by atoms with Crippen LogP contribution in [-0.2, 0) is 0 Å². The molecule has 0 spiro atoms. The highest BCUT2D eigenvalue weighted by molar-refractivity contribution is 6.00. The SMILES string of the molecule is CC1(O)CCN(c2ccc(F)cc2C(=N)N)C1. The van der Waals surface area contributed by atoms with Gasteiger partial charge in [0, 0.05) is 24.3 Å². The molecular formula is C12H16FN3O. The molecule has 0 aromatic heterocycles. The number of β-amino-alcohol motifs (C(OH)–C–C–N with tert-alkyl or cyclic N) is 1. The second-order valence-electron chi connectivity index (χ2n) is 4.74. The molecule has 1 saturated heterocycles. The van der Waals surface area contributed by atoms with Crippen LogP contribution in [0.2, 0.25) is 0 Å². The average Bonchev–Trinajstić information content (AvgIpc) is 2.58. The Balaban J connectivity index is 2.36. The van der Waals surface area contributed by atoms with Crippen molar-refractivity contribution in [3.63, 3.8) is 0 Å². The van der Waals surface area contributed by atoms with Gasteiger partial charge in [-0.1, -0.05) is 0 Å². The lowest BCUT2D eigenvalue weighted by molar-refractivity contribution is 0.0839. The van der Waals surface area contributed by atoms with Crippen molar-refractivity contribution in [2.75, 3.05) is 18.0 Å². The molecule has 4 N–H and O–H groups in total. The zero-order valence-electron chi connectivity index (χ0n) is 9.70. The van der Waals surface area contributed by atoms with E-state index in [-0.39, 0.29) is 5.84 Å². The molecule has 0 aliphatic carbocycles. The van der Waals surface area contributed by atoms with Crippen LogP contribution in [0.15, 0.2) is 18.2 Å². The molecule has 0 bridgehead atoms. The molecule has 92 valence electrons. The van der Waals surface area contributed by atoms with Crippen molar-refractivity contribution in [2.24, 2.45) is 5.73 Å². The predicted molar refractivity (Wildman–Crippen MR) is 64.9 cm³/mol. The average molecular weight is 237 g/mol. The number of amidine groups is 1. The Labute approximate surface area is 99.4 Å². The fourth-order valence-corrected chi connectivity index (χ4v) is 2.15. The van der Waals surface area contributed by atoms with E-state index in [0.29, 0.717) is 30.8 Å². The van der Waals surface area contributed by atoms with Crippen molar-refractivity contribution in [1.82, 2.24) is 0 Å². The molecule has 1 aromatic rings. The molecule has 1 unspecified atom stereocenters. The summed E-state index contributed by atoms with van der Waals surface area (Å²) in [5.74, 6) is -0.573. The fraction of sp³-hybridized carbons (Fsp3) is 0.417. The lowest BCUT2D eigenvalue weighted by atomic mass is 10.1. The summed E-state index contributed by atoms with van der Waals surface area (Å²) in [4.78, 5) is 1.93. The molecule has 17 heavy (non-hydrogen) atoms. The Kier molecular flexibility index (Phi) is 2.79. The minimum absolute atomic E-state index is 0.161. The fourth-order valence-electron chi connectivity index (χ4n) is 2.15. The second-order valence-corrected chi connectivity index (χ2v) is 4.74. The Hall–Kier alpha value is -1.62. The third-order valence-corrected chi connectivity index (χ3v) is 3.04. The molecular weight excluding hydrogens is 221 g/mol. The first-order valence-electron chi connectivity index (χ1n) is 5.50. The molecule has 0 amide bonds. The monoisotopic (exact) mass is 237 g/mol. The standard InChI is InChI=1S/C12H16FN3O/c1-12(17)4-5-16(7-12)10-3-2-8(13)6-9(10)11(14)15/h2-3,6,17H,4-5,7H2,1H3,(H3,14,15). The summed E-state index contributed by atoms with van der Waals surface area (Å²) in [6.07, 6.45) is 0.654. The summed E-state index contributed by atoms with van der Waals surface area (Å²) in [7, 11) is 0. The molecule has 1 atom stereocenters. The summed E-state index contributed by atoms with van der Waals surface area (Å²) in [6.45, 7) is 2.92. The Bertz CT molecular complexity index is 459. The van der Waals surface area contributed by atoms with Crippen molar-refractivity contribution in [3.05, 3.63) is 29.6 Å². The molecule has 0 radical (unpaired) electrons. The van der Waals surface area contributed by atoms with E-state index in [4.69, 9.17) is 11.1 Å². The maximum atomic E-state index is 13.1. The largest absolute Gasteiger partial charge is 0.388 e. The normalized spacial score (nSPS) is 24.1. The number of aliphatic hydroxyl groups is 1. The van der Waals surface area contributed by atoms with Crippen LogP contribution in [0.3, 0.4) is 0 Å². The number of halogens is 1. The van der Waals surface area contributed by atoms with Crippen LogP contribution in [0.25, 0.3) is 0 Å². The third kappa shape index (κ3) is 2.39. The van der Waals surface area contributed by atoms with E-state index in [0.717, 1.165) is 0 Å². The zero-order chi connectivity index (χ0) is 12.6. The number of anilines is 1. The number of hydrogen-bond acceptors (Lipinski definition) is 3. The van der Waals surface area contributed by atoms with Crippen molar-refractivity contribution < 1.29 is 9.50 Å². The van der Waals surface area contributed by atoms with E-state index in [1.165, 1.54) is 12.1 Å². The summed E-state index contributed by atoms with van der Waals surface area (Å²) in [5, 5.41) is 17.4. The van der Waals surface area contributed by atoms with Crippen LogP contribution in [0.1, 0.15) is 18.9 Å². The number of nitrogens with two attached hydrogens (primary N) is 1. The molecule has 1 aliphatic rings. The van der Waals surface area contributed by atoms with Gasteiger partial charge in [0.25, 0.3) is 0 Å². The van der Waals surface area contributed by atoms with Gasteiger partial charge in [-0.05, 0) is 31.5 Å². The third-order valence-electron chi connectivity index (χ3n) is 3.04. The smallest absolute Gasteiger partial charge is 0.125 e. The lowest BCUT2D eigenvalue weighted by Crippen LogP contribution is -2.31. The van der Waals surface area contributed by atoms with Gasteiger partial charge >= 0.3 is 0 Å². The van der Waals surface area contributed by atoms with E-state index in [9.17, 15) is 9.50 Å². The van der Waals surface area contributed by atoms with Gasteiger partial charge in [-0.15, -0.1) is 0 Å². The van der Waals surface area contributed by atoms with Gasteiger partial charge in [-0.3, -0.25) is 5.41 Å². The van der Waals surface area contributed by atoms with Gasteiger partial charge in [0.1, 0.15) is 11.7 Å². The van der Waals surface area contributed by atoms with Crippen molar-refractivity contribution >= 4 is 11.5 Å². The summed E-state index contributed by atoms with van der Waals surface area (Å²) >= 11 is 0. The topological polar surface area (TPSA) is 73.3 Å². The lowest BCUT2D eigenvalue weighted by Gasteiger charge is -2.23. The number of nitrogen functional groups attached to an aromatic ring is 1. The van der Waals surface area contributed by atoms with E-state index in [2.05, 4.69) is 0 Å². The van der Waals surface area contributed by atoms with E-state index < -0.39 is 11.4 Å². The molecule has 1 heterocycles. The molecule has 1 aromatic carbocycles. The second kappa shape index (κ2) is 4.00. The van der Waals surface area contributed by atoms with Crippen LogP contribution in [0, 0.1) is 11.2 Å². The summed E-state index contributed by atoms with van der Waals surface area (Å²) < 4.78 is 13.1. The van der Waals surface area contributed by atoms with E-state index in [1.807, 2.05) is 4.90 Å². The van der Waals surface area contributed by atoms with Crippen molar-refractivity contribution in [2.45, 2.75) is 18.9 Å². The van der Waals surface area contributed by atoms with Crippen LogP contribution < -0.4 is 10.6 Å². The van der Waals surface area contributed by atoms with Gasteiger partial charge in [-0.25, -0.2) is 4.39 Å². The zero-order valence-corrected chi connectivity index (χ0v) is 9.70. The van der Waals surface area contributed by atoms with E-state index in [1.54, 1.807) is 13.0 Å². The maximum absolute atomic E-state index is 13.1. The van der Waals surface area contributed by atoms with E-state index >= 15 is 0 Å². The van der Waals surface area contributed by atoms with Crippen LogP contribution in [0.4, 0.5) is 10.1 Å². The first-order valence-corrected chi connectivity index (χ1v) is 5.50. The molecule has 5 heteroatoms. The summed E-state index contributed by atoms with van der Waals surface area (Å²) in [5.41, 5.74) is 5.80. The molecule has 1 fully saturated rings. The highest BCUT2D eigenvalue weighted by Gasteiger charge is 2.32. The van der Waals surface area contributed by atoms with Gasteiger partial charge in [0.15, 0.2) is 0 Å². The minimum Gasteiger partial charge on any atom is -0.388 e. The number of nitrogens with one attached hydrogen (secondary N) is 1. The minimum atomic E-state index is -0.734. The quantitative estimate of drug-likeness (QED) is 0.532. The first-order chi connectivity index (χ1) is 7.89. The number of hydrogen-bond donors (Lipinski definition) is 3. The highest BCUT2D eigenvalue weighted by atomic mass is 19.1. The first kappa shape index (κ1) is 11.9. The molecule has 2 rings (SSSR count). The highest BCUT2D eigenvalue weighted by Crippen LogP contribution is 2.29. The van der Waals surface area contributed by atoms with Crippen molar-refractivity contribution in [3.8, 4) is 0 Å². The van der Waals surface area contributed by atoms with Gasteiger partial charge in [0.2, 0.25) is 0 Å². The van der Waals surface area contributed by atoms with Gasteiger partial charge < -0.3 is 15.7 Å². The Morgan fingerprint density at radius 2 is 2.29 bits per heavy atom. The number of benzene rings is 1. The van der Waals surface area contributed by atoms with Gasteiger partial charge in [0.05, 0.1) is 5.60 Å². The predicted octanol–water partition coefficient (Wildman–Crippen LogP) is 1.07. The van der Waals surface area contributed by atoms with Crippen LogP contribution >= 0.6 is 0 Å². The molecule has 0 saturated carbocycles. The molecule has 4 nitrogen and oxygen atoms in total. The maximum Gasteiger partial charge on any atom is 0.125 e. The number of rotatable bonds is 2. The van der Waals surface area contributed by atoms with Crippen LogP contribution in [-0.4, -0.2) is 29.6 Å².